The summed E-state index contributed by atoms with van der Waals surface area (Å²) in [5.74, 6) is -2.92. The molecule has 254 valence electrons. The standard InChI is InChI=1S/C35H47N5O7/c1-6-26-12-11-25-10-9-24(20-29(25)38-26)13-16-35(17-14-27(15-18-35)46-23(5)41)34(45)47-30(21(2)3)32(43)37-22(4)33(44)40-19-7-8-28(39-40)31(36)42/h9-13,16,20-22,27-28,30,39H,6-8,14-15,17-19H2,1-5H3,(H2,36,42)(H,37,43)/b16-13+. The largest absolute Gasteiger partial charge is 0.463 e. The predicted molar refractivity (Wildman–Crippen MR) is 176 cm³/mol. The minimum Gasteiger partial charge on any atom is -0.463 e. The van der Waals surface area contributed by atoms with Gasteiger partial charge >= 0.3 is 11.9 Å². The van der Waals surface area contributed by atoms with Crippen molar-refractivity contribution in [1.82, 2.24) is 20.7 Å². The summed E-state index contributed by atoms with van der Waals surface area (Å²) in [6, 6.07) is 8.34. The van der Waals surface area contributed by atoms with E-state index in [-0.39, 0.29) is 12.1 Å². The van der Waals surface area contributed by atoms with Crippen molar-refractivity contribution in [3.8, 4) is 0 Å². The van der Waals surface area contributed by atoms with E-state index in [0.717, 1.165) is 28.6 Å². The van der Waals surface area contributed by atoms with Crippen molar-refractivity contribution in [2.75, 3.05) is 6.54 Å². The van der Waals surface area contributed by atoms with Gasteiger partial charge in [-0.3, -0.25) is 34.0 Å². The van der Waals surface area contributed by atoms with Crippen LogP contribution < -0.4 is 16.5 Å². The molecule has 12 heteroatoms. The fourth-order valence-corrected chi connectivity index (χ4v) is 6.10. The van der Waals surface area contributed by atoms with Crippen molar-refractivity contribution >= 4 is 46.6 Å². The van der Waals surface area contributed by atoms with Crippen molar-refractivity contribution in [1.29, 1.82) is 0 Å². The number of aryl methyl sites for hydroxylation is 1. The highest BCUT2D eigenvalue weighted by Gasteiger charge is 2.44. The summed E-state index contributed by atoms with van der Waals surface area (Å²) in [4.78, 5) is 68.6. The van der Waals surface area contributed by atoms with Gasteiger partial charge in [-0.15, -0.1) is 0 Å². The zero-order valence-corrected chi connectivity index (χ0v) is 27.9. The van der Waals surface area contributed by atoms with Crippen molar-refractivity contribution in [2.24, 2.45) is 17.1 Å². The molecule has 3 amide bonds. The van der Waals surface area contributed by atoms with Gasteiger partial charge in [0, 0.05) is 24.5 Å². The Balaban J connectivity index is 1.52. The van der Waals surface area contributed by atoms with Gasteiger partial charge in [0.25, 0.3) is 11.8 Å². The molecule has 2 fully saturated rings. The number of pyridine rings is 1. The molecule has 47 heavy (non-hydrogen) atoms. The highest BCUT2D eigenvalue weighted by Crippen LogP contribution is 2.41. The molecule has 3 atom stereocenters. The number of hydrogen-bond donors (Lipinski definition) is 3. The van der Waals surface area contributed by atoms with Crippen molar-refractivity contribution in [3.63, 3.8) is 0 Å². The number of rotatable bonds is 11. The average Bonchev–Trinajstić information content (AvgIpc) is 3.05. The monoisotopic (exact) mass is 649 g/mol. The second-order valence-electron chi connectivity index (χ2n) is 12.9. The van der Waals surface area contributed by atoms with Crippen LogP contribution in [0.2, 0.25) is 0 Å². The molecule has 12 nitrogen and oxygen atoms in total. The molecule has 2 heterocycles. The first-order chi connectivity index (χ1) is 22.3. The van der Waals surface area contributed by atoms with Crippen LogP contribution in [0.1, 0.15) is 84.4 Å². The Morgan fingerprint density at radius 2 is 1.81 bits per heavy atom. The van der Waals surface area contributed by atoms with E-state index in [4.69, 9.17) is 20.2 Å². The molecule has 2 aliphatic rings. The molecule has 0 radical (unpaired) electrons. The van der Waals surface area contributed by atoms with Crippen LogP contribution in [0, 0.1) is 11.3 Å². The van der Waals surface area contributed by atoms with E-state index in [0.29, 0.717) is 45.1 Å². The van der Waals surface area contributed by atoms with Crippen molar-refractivity contribution < 1.29 is 33.4 Å². The van der Waals surface area contributed by atoms with Gasteiger partial charge in [0.05, 0.1) is 10.9 Å². The number of benzene rings is 1. The number of hydrazine groups is 1. The van der Waals surface area contributed by atoms with Crippen LogP contribution in [0.5, 0.6) is 0 Å². The number of nitrogens with zero attached hydrogens (tertiary/aromatic N) is 2. The number of esters is 2. The molecule has 1 aromatic carbocycles. The maximum Gasteiger partial charge on any atom is 0.316 e. The van der Waals surface area contributed by atoms with E-state index in [2.05, 4.69) is 17.7 Å². The number of hydrogen-bond acceptors (Lipinski definition) is 9. The van der Waals surface area contributed by atoms with E-state index >= 15 is 0 Å². The first kappa shape index (κ1) is 35.5. The normalized spacial score (nSPS) is 22.9. The summed E-state index contributed by atoms with van der Waals surface area (Å²) >= 11 is 0. The predicted octanol–water partition coefficient (Wildman–Crippen LogP) is 3.36. The zero-order chi connectivity index (χ0) is 34.3. The van der Waals surface area contributed by atoms with Gasteiger partial charge in [-0.05, 0) is 75.5 Å². The van der Waals surface area contributed by atoms with Crippen LogP contribution in [-0.2, 0) is 39.9 Å². The number of nitrogens with one attached hydrogen (secondary N) is 2. The Labute approximate surface area is 275 Å². The minimum atomic E-state index is -1.17. The lowest BCUT2D eigenvalue weighted by atomic mass is 9.72. The Kier molecular flexibility index (Phi) is 11.7. The summed E-state index contributed by atoms with van der Waals surface area (Å²) in [5.41, 5.74) is 9.87. The van der Waals surface area contributed by atoms with E-state index in [1.807, 2.05) is 42.5 Å². The SMILES string of the molecule is CCc1ccc2ccc(/C=C/C3(C(=O)OC(C(=O)NC(C)C(=O)N4CCCC(C(N)=O)N4)C(C)C)CCC(OC(C)=O)CC3)cc2n1. The zero-order valence-electron chi connectivity index (χ0n) is 27.9. The number of carbonyl (C=O) groups is 5. The van der Waals surface area contributed by atoms with Gasteiger partial charge in [-0.25, -0.2) is 5.43 Å². The minimum absolute atomic E-state index is 0.312. The van der Waals surface area contributed by atoms with E-state index < -0.39 is 53.2 Å². The number of aromatic nitrogens is 1. The van der Waals surface area contributed by atoms with Gasteiger partial charge in [0.1, 0.15) is 18.2 Å². The highest BCUT2D eigenvalue weighted by atomic mass is 16.6. The summed E-state index contributed by atoms with van der Waals surface area (Å²) in [5, 5.41) is 5.00. The van der Waals surface area contributed by atoms with Gasteiger partial charge in [0.15, 0.2) is 6.10 Å². The van der Waals surface area contributed by atoms with Crippen molar-refractivity contribution in [2.45, 2.75) is 104 Å². The van der Waals surface area contributed by atoms with Crippen LogP contribution in [0.3, 0.4) is 0 Å². The number of carbonyl (C=O) groups excluding carboxylic acids is 5. The molecule has 3 unspecified atom stereocenters. The fraction of sp³-hybridized carbons (Fsp3) is 0.543. The number of primary amides is 1. The topological polar surface area (TPSA) is 170 Å². The Bertz CT molecular complexity index is 1510. The summed E-state index contributed by atoms with van der Waals surface area (Å²) in [7, 11) is 0. The lowest BCUT2D eigenvalue weighted by Crippen LogP contribution is -2.60. The van der Waals surface area contributed by atoms with E-state index in [1.54, 1.807) is 13.8 Å². The van der Waals surface area contributed by atoms with Crippen LogP contribution in [0.15, 0.2) is 36.4 Å². The van der Waals surface area contributed by atoms with Crippen LogP contribution in [0.4, 0.5) is 0 Å². The van der Waals surface area contributed by atoms with Gasteiger partial charge in [0.2, 0.25) is 5.91 Å². The maximum atomic E-state index is 14.0. The highest BCUT2D eigenvalue weighted by molar-refractivity contribution is 5.91. The van der Waals surface area contributed by atoms with Gasteiger partial charge in [-0.2, -0.15) is 0 Å². The fourth-order valence-electron chi connectivity index (χ4n) is 6.10. The molecule has 2 aromatic rings. The third-order valence-electron chi connectivity index (χ3n) is 8.92. The second-order valence-corrected chi connectivity index (χ2v) is 12.9. The molecule has 1 saturated carbocycles. The lowest BCUT2D eigenvalue weighted by Gasteiger charge is -2.37. The molecule has 4 rings (SSSR count). The number of fused-ring (bicyclic) bond motifs is 1. The Morgan fingerprint density at radius 3 is 2.45 bits per heavy atom. The maximum absolute atomic E-state index is 14.0. The van der Waals surface area contributed by atoms with Crippen LogP contribution >= 0.6 is 0 Å². The van der Waals surface area contributed by atoms with Gasteiger partial charge in [-0.1, -0.05) is 51.1 Å². The molecule has 1 saturated heterocycles. The van der Waals surface area contributed by atoms with Gasteiger partial charge < -0.3 is 20.5 Å². The molecule has 1 aliphatic heterocycles. The Morgan fingerprint density at radius 1 is 1.11 bits per heavy atom. The van der Waals surface area contributed by atoms with Crippen LogP contribution in [-0.4, -0.2) is 70.5 Å². The third-order valence-corrected chi connectivity index (χ3v) is 8.92. The molecule has 0 spiro atoms. The Hall–Kier alpha value is -4.32. The quantitative estimate of drug-likeness (QED) is 0.309. The number of nitrogens with two attached hydrogens (primary N) is 1. The summed E-state index contributed by atoms with van der Waals surface area (Å²) < 4.78 is 11.4. The molecule has 1 aromatic heterocycles. The second kappa shape index (κ2) is 15.5. The smallest absolute Gasteiger partial charge is 0.316 e. The van der Waals surface area contributed by atoms with E-state index in [1.165, 1.54) is 18.9 Å². The summed E-state index contributed by atoms with van der Waals surface area (Å²) in [6.45, 7) is 8.85. The third kappa shape index (κ3) is 8.94. The first-order valence-electron chi connectivity index (χ1n) is 16.5. The van der Waals surface area contributed by atoms with E-state index in [9.17, 15) is 24.0 Å². The molecular weight excluding hydrogens is 602 g/mol. The summed E-state index contributed by atoms with van der Waals surface area (Å²) in [6.07, 6.45) is 5.78. The molecule has 4 N–H and O–H groups in total. The first-order valence-corrected chi connectivity index (χ1v) is 16.5. The number of ether oxygens (including phenoxy) is 2. The molecule has 0 bridgehead atoms. The van der Waals surface area contributed by atoms with Crippen molar-refractivity contribution in [3.05, 3.63) is 47.7 Å². The molecular formula is C35H47N5O7. The van der Waals surface area contributed by atoms with Crippen LogP contribution in [0.25, 0.3) is 17.0 Å². The lowest BCUT2D eigenvalue weighted by molar-refractivity contribution is -0.169. The number of amides is 3. The molecule has 1 aliphatic carbocycles. The average molecular weight is 650 g/mol.